The van der Waals surface area contributed by atoms with Crippen molar-refractivity contribution in [1.82, 2.24) is 15.5 Å². The second-order valence-electron chi connectivity index (χ2n) is 10.8. The standard InChI is InChI=1S/C12H23NO.C8H17NO.C7H16.C6H15N.C2H6/c1-4-10(2)12(14-3)13-11-8-6-5-7-9-11;1-5-7(3)8(10-4)9-6-2;1-4-6-7(3)5-2;1-4-5-6-7(2)3;1-2/h11,13H,4-9H2,1-3H3;9H,5-6H2,1-4H3;7H,4-6H2,1-3H3;4-6H2,1-3H3;1-2H3. The minimum atomic E-state index is 0.639. The highest BCUT2D eigenvalue weighted by atomic mass is 16.5. The van der Waals surface area contributed by atoms with Crippen molar-refractivity contribution in [2.45, 2.75) is 159 Å². The molecule has 1 aliphatic rings. The van der Waals surface area contributed by atoms with Crippen LogP contribution in [0.25, 0.3) is 0 Å². The summed E-state index contributed by atoms with van der Waals surface area (Å²) >= 11 is 0. The lowest BCUT2D eigenvalue weighted by molar-refractivity contribution is 0.230. The Kier molecular flexibility index (Phi) is 40.7. The highest BCUT2D eigenvalue weighted by Crippen LogP contribution is 2.19. The van der Waals surface area contributed by atoms with Gasteiger partial charge >= 0.3 is 0 Å². The molecule has 1 aliphatic carbocycles. The molecule has 0 aromatic rings. The van der Waals surface area contributed by atoms with Gasteiger partial charge in [0.05, 0.1) is 14.2 Å². The summed E-state index contributed by atoms with van der Waals surface area (Å²) in [6.07, 6.45) is 15.5. The van der Waals surface area contributed by atoms with Crippen LogP contribution in [0.5, 0.6) is 0 Å². The number of hydrogen-bond donors (Lipinski definition) is 2. The summed E-state index contributed by atoms with van der Waals surface area (Å²) in [6.45, 7) is 25.7. The molecule has 0 aromatic heterocycles. The predicted molar refractivity (Wildman–Crippen MR) is 183 cm³/mol. The van der Waals surface area contributed by atoms with Crippen LogP contribution in [0, 0.1) is 5.92 Å². The number of nitrogens with zero attached hydrogens (tertiary/aromatic N) is 1. The normalized spacial score (nSPS) is 14.6. The Labute approximate surface area is 254 Å². The van der Waals surface area contributed by atoms with Crippen LogP contribution >= 0.6 is 0 Å². The first-order chi connectivity index (χ1) is 19.1. The van der Waals surface area contributed by atoms with Crippen LogP contribution in [0.1, 0.15) is 153 Å². The summed E-state index contributed by atoms with van der Waals surface area (Å²) in [7, 11) is 7.66. The molecule has 5 nitrogen and oxygen atoms in total. The van der Waals surface area contributed by atoms with Gasteiger partial charge in [-0.1, -0.05) is 100 Å². The van der Waals surface area contributed by atoms with Gasteiger partial charge in [-0.15, -0.1) is 0 Å². The van der Waals surface area contributed by atoms with E-state index in [9.17, 15) is 0 Å². The highest BCUT2D eigenvalue weighted by Gasteiger charge is 2.14. The maximum absolute atomic E-state index is 5.37. The number of allylic oxidation sites excluding steroid dienone is 2. The molecular weight excluding hydrogens is 494 g/mol. The van der Waals surface area contributed by atoms with Gasteiger partial charge in [-0.25, -0.2) is 0 Å². The van der Waals surface area contributed by atoms with E-state index in [0.29, 0.717) is 6.04 Å². The number of hydrogen-bond acceptors (Lipinski definition) is 5. The van der Waals surface area contributed by atoms with Crippen molar-refractivity contribution in [3.63, 3.8) is 0 Å². The first-order valence-electron chi connectivity index (χ1n) is 16.7. The monoisotopic (exact) mass is 572 g/mol. The predicted octanol–water partition coefficient (Wildman–Crippen LogP) is 10.3. The van der Waals surface area contributed by atoms with E-state index < -0.39 is 0 Å². The Morgan fingerprint density at radius 2 is 1.30 bits per heavy atom. The Bertz CT molecular complexity index is 553. The van der Waals surface area contributed by atoms with Gasteiger partial charge in [-0.2, -0.15) is 0 Å². The van der Waals surface area contributed by atoms with Crippen molar-refractivity contribution < 1.29 is 9.47 Å². The van der Waals surface area contributed by atoms with E-state index in [-0.39, 0.29) is 0 Å². The van der Waals surface area contributed by atoms with E-state index in [0.717, 1.165) is 37.1 Å². The summed E-state index contributed by atoms with van der Waals surface area (Å²) in [5.41, 5.74) is 2.59. The molecule has 0 aromatic carbocycles. The van der Waals surface area contributed by atoms with Crippen molar-refractivity contribution >= 4 is 0 Å². The topological polar surface area (TPSA) is 45.8 Å². The minimum Gasteiger partial charge on any atom is -0.483 e. The van der Waals surface area contributed by atoms with Crippen LogP contribution in [0.15, 0.2) is 22.9 Å². The SMILES string of the molecule is CC.CCC(C)=C(NC1CCCCC1)OC.CCCC(C)CC.CCCCN(C)C.CCNC(OC)=C(C)CC. The number of rotatable bonds is 14. The van der Waals surface area contributed by atoms with E-state index in [1.807, 2.05) is 13.8 Å². The fourth-order valence-corrected chi connectivity index (χ4v) is 3.84. The quantitative estimate of drug-likeness (QED) is 0.203. The van der Waals surface area contributed by atoms with E-state index >= 15 is 0 Å². The largest absolute Gasteiger partial charge is 0.483 e. The van der Waals surface area contributed by atoms with Gasteiger partial charge in [0, 0.05) is 12.6 Å². The summed E-state index contributed by atoms with van der Waals surface area (Å²) in [6, 6.07) is 0.639. The first-order valence-corrected chi connectivity index (χ1v) is 16.7. The van der Waals surface area contributed by atoms with Crippen molar-refractivity contribution in [1.29, 1.82) is 0 Å². The van der Waals surface area contributed by atoms with E-state index in [4.69, 9.17) is 9.47 Å². The van der Waals surface area contributed by atoms with Crippen LogP contribution in [-0.4, -0.2) is 52.3 Å². The number of unbranched alkanes of at least 4 members (excludes halogenated alkanes) is 1. The maximum Gasteiger partial charge on any atom is 0.185 e. The molecule has 0 radical (unpaired) electrons. The maximum atomic E-state index is 5.37. The molecule has 1 unspecified atom stereocenters. The van der Waals surface area contributed by atoms with E-state index in [1.165, 1.54) is 81.9 Å². The lowest BCUT2D eigenvalue weighted by Gasteiger charge is -2.25. The molecule has 2 N–H and O–H groups in total. The Balaban J connectivity index is -0.000000221. The molecular formula is C35H77N3O2. The van der Waals surface area contributed by atoms with Crippen molar-refractivity contribution in [2.75, 3.05) is 41.4 Å². The van der Waals surface area contributed by atoms with Gasteiger partial charge in [0.25, 0.3) is 0 Å². The van der Waals surface area contributed by atoms with E-state index in [1.54, 1.807) is 14.2 Å². The third-order valence-corrected chi connectivity index (χ3v) is 6.96. The fourth-order valence-electron chi connectivity index (χ4n) is 3.84. The summed E-state index contributed by atoms with van der Waals surface area (Å²) in [4.78, 5) is 2.21. The molecule has 244 valence electrons. The molecule has 5 heteroatoms. The molecule has 0 bridgehead atoms. The number of nitrogens with one attached hydrogen (secondary N) is 2. The smallest absolute Gasteiger partial charge is 0.185 e. The van der Waals surface area contributed by atoms with Gasteiger partial charge < -0.3 is 25.0 Å². The molecule has 1 rings (SSSR count). The summed E-state index contributed by atoms with van der Waals surface area (Å²) < 4.78 is 10.5. The van der Waals surface area contributed by atoms with Crippen LogP contribution in [0.4, 0.5) is 0 Å². The second-order valence-corrected chi connectivity index (χ2v) is 10.8. The zero-order valence-electron chi connectivity index (χ0n) is 30.3. The molecule has 0 saturated heterocycles. The average molecular weight is 572 g/mol. The first kappa shape index (κ1) is 45.6. The van der Waals surface area contributed by atoms with Crippen LogP contribution in [-0.2, 0) is 9.47 Å². The Morgan fingerprint density at radius 3 is 1.60 bits per heavy atom. The Hall–Kier alpha value is -1.36. The van der Waals surface area contributed by atoms with Gasteiger partial charge in [-0.3, -0.25) is 0 Å². The zero-order chi connectivity index (χ0) is 31.8. The Morgan fingerprint density at radius 1 is 0.800 bits per heavy atom. The van der Waals surface area contributed by atoms with Crippen molar-refractivity contribution in [3.05, 3.63) is 22.9 Å². The highest BCUT2D eigenvalue weighted by molar-refractivity contribution is 5.04. The van der Waals surface area contributed by atoms with E-state index in [2.05, 4.69) is 91.9 Å². The lowest BCUT2D eigenvalue weighted by atomic mass is 9.95. The third kappa shape index (κ3) is 31.2. The number of methoxy groups -OCH3 is 2. The third-order valence-electron chi connectivity index (χ3n) is 6.96. The lowest BCUT2D eigenvalue weighted by Crippen LogP contribution is -2.31. The van der Waals surface area contributed by atoms with Crippen LogP contribution < -0.4 is 10.6 Å². The molecule has 0 aliphatic heterocycles. The van der Waals surface area contributed by atoms with Gasteiger partial charge in [0.1, 0.15) is 0 Å². The molecule has 0 heterocycles. The molecule has 1 fully saturated rings. The van der Waals surface area contributed by atoms with Crippen molar-refractivity contribution in [3.8, 4) is 0 Å². The zero-order valence-corrected chi connectivity index (χ0v) is 30.3. The molecule has 1 saturated carbocycles. The summed E-state index contributed by atoms with van der Waals surface area (Å²) in [5.74, 6) is 2.87. The second kappa shape index (κ2) is 35.7. The van der Waals surface area contributed by atoms with Gasteiger partial charge in [0.2, 0.25) is 0 Å². The average Bonchev–Trinajstić information content (AvgIpc) is 2.99. The molecule has 1 atom stereocenters. The van der Waals surface area contributed by atoms with Crippen LogP contribution in [0.2, 0.25) is 0 Å². The van der Waals surface area contributed by atoms with Crippen LogP contribution in [0.3, 0.4) is 0 Å². The minimum absolute atomic E-state index is 0.639. The molecule has 40 heavy (non-hydrogen) atoms. The molecule has 0 spiro atoms. The van der Waals surface area contributed by atoms with Crippen molar-refractivity contribution in [2.24, 2.45) is 5.92 Å². The van der Waals surface area contributed by atoms with Gasteiger partial charge in [0.15, 0.2) is 11.8 Å². The fraction of sp³-hybridized carbons (Fsp3) is 0.886. The number of ether oxygens (including phenoxy) is 2. The van der Waals surface area contributed by atoms with Gasteiger partial charge in [-0.05, 0) is 90.6 Å². The molecule has 0 amide bonds. The summed E-state index contributed by atoms with van der Waals surface area (Å²) in [5, 5.41) is 6.65.